The zero-order chi connectivity index (χ0) is 23.2. The number of esters is 1. The first-order valence-electron chi connectivity index (χ1n) is 8.92. The number of halogens is 4. The van der Waals surface area contributed by atoms with Crippen LogP contribution in [0, 0.1) is 10.5 Å². The summed E-state index contributed by atoms with van der Waals surface area (Å²) in [6.07, 6.45) is 0. The molecule has 0 aromatic heterocycles. The Labute approximate surface area is 221 Å². The highest BCUT2D eigenvalue weighted by molar-refractivity contribution is 14.2. The number of aryl methyl sites for hydroxylation is 1. The van der Waals surface area contributed by atoms with Crippen LogP contribution in [0.2, 0.25) is 0 Å². The van der Waals surface area contributed by atoms with Crippen LogP contribution in [-0.2, 0) is 27.5 Å². The number of oxime groups is 2. The number of carbonyl (C=O) groups is 1. The molecule has 0 saturated heterocycles. The van der Waals surface area contributed by atoms with E-state index in [1.807, 2.05) is 25.1 Å². The van der Waals surface area contributed by atoms with Crippen molar-refractivity contribution in [3.63, 3.8) is 0 Å². The molecule has 0 amide bonds. The lowest BCUT2D eigenvalue weighted by Crippen LogP contribution is -2.20. The molecule has 0 unspecified atom stereocenters. The number of hydrogen-bond acceptors (Lipinski definition) is 6. The van der Waals surface area contributed by atoms with Crippen LogP contribution >= 0.6 is 67.8 Å². The topological polar surface area (TPSA) is 69.5 Å². The third-order valence-electron chi connectivity index (χ3n) is 4.32. The number of nitrogens with zero attached hydrogens (tertiary/aromatic N) is 2. The standard InChI is InChI=1S/C21H20FI3N2O4/c1-12-7-5-8-14(19(27-30-4)20(28)29-3)15(12)11-31-26-13(2)18-16(21(22,24)25)9-6-10-17(18)23/h5-10H,11H2,1-4H3/b26-13+,27-19+. The molecule has 2 aromatic rings. The Kier molecular flexibility index (Phi) is 9.92. The van der Waals surface area contributed by atoms with Crippen LogP contribution < -0.4 is 0 Å². The fourth-order valence-corrected chi connectivity index (χ4v) is 4.65. The molecule has 0 heterocycles. The van der Waals surface area contributed by atoms with Gasteiger partial charge in [-0.3, -0.25) is 0 Å². The van der Waals surface area contributed by atoms with Crippen molar-refractivity contribution in [3.8, 4) is 0 Å². The van der Waals surface area contributed by atoms with E-state index in [-0.39, 0.29) is 12.3 Å². The zero-order valence-electron chi connectivity index (χ0n) is 17.2. The van der Waals surface area contributed by atoms with Gasteiger partial charge in [0.25, 0.3) is 0 Å². The molecular formula is C21H20FI3N2O4. The monoisotopic (exact) mass is 764 g/mol. The third-order valence-corrected chi connectivity index (χ3v) is 6.38. The molecule has 0 atom stereocenters. The highest BCUT2D eigenvalue weighted by Crippen LogP contribution is 2.43. The minimum Gasteiger partial charge on any atom is -0.464 e. The summed E-state index contributed by atoms with van der Waals surface area (Å²) < 4.78 is 18.8. The molecule has 0 spiro atoms. The van der Waals surface area contributed by atoms with E-state index in [0.717, 1.165) is 9.13 Å². The Morgan fingerprint density at radius 3 is 2.42 bits per heavy atom. The molecule has 0 saturated carbocycles. The lowest BCUT2D eigenvalue weighted by molar-refractivity contribution is -0.132. The predicted octanol–water partition coefficient (Wildman–Crippen LogP) is 6.01. The van der Waals surface area contributed by atoms with Crippen molar-refractivity contribution >= 4 is 85.2 Å². The average molecular weight is 764 g/mol. The molecule has 0 aliphatic rings. The second-order valence-electron chi connectivity index (χ2n) is 6.33. The molecule has 2 rings (SSSR count). The maximum Gasteiger partial charge on any atom is 0.360 e. The van der Waals surface area contributed by atoms with Crippen LogP contribution in [0.4, 0.5) is 4.39 Å². The van der Waals surface area contributed by atoms with Crippen molar-refractivity contribution in [1.82, 2.24) is 0 Å². The van der Waals surface area contributed by atoms with Crippen LogP contribution in [0.15, 0.2) is 46.7 Å². The van der Waals surface area contributed by atoms with Gasteiger partial charge in [0.1, 0.15) is 13.7 Å². The van der Waals surface area contributed by atoms with Gasteiger partial charge in [-0.2, -0.15) is 0 Å². The van der Waals surface area contributed by atoms with Gasteiger partial charge < -0.3 is 14.4 Å². The number of hydrogen-bond donors (Lipinski definition) is 0. The van der Waals surface area contributed by atoms with E-state index in [0.29, 0.717) is 28.0 Å². The van der Waals surface area contributed by atoms with Gasteiger partial charge >= 0.3 is 5.97 Å². The van der Waals surface area contributed by atoms with E-state index in [1.165, 1.54) is 14.2 Å². The largest absolute Gasteiger partial charge is 0.464 e. The first kappa shape index (κ1) is 26.2. The van der Waals surface area contributed by atoms with Crippen LogP contribution in [0.1, 0.15) is 34.7 Å². The lowest BCUT2D eigenvalue weighted by Gasteiger charge is -2.17. The van der Waals surface area contributed by atoms with Gasteiger partial charge in [0.05, 0.1) is 12.8 Å². The van der Waals surface area contributed by atoms with E-state index >= 15 is 0 Å². The normalized spacial score (nSPS) is 12.5. The van der Waals surface area contributed by atoms with Gasteiger partial charge in [0, 0.05) is 25.8 Å². The minimum absolute atomic E-state index is 0.0323. The Morgan fingerprint density at radius 1 is 1.13 bits per heavy atom. The van der Waals surface area contributed by atoms with Crippen molar-refractivity contribution in [2.24, 2.45) is 10.3 Å². The first-order valence-corrected chi connectivity index (χ1v) is 12.2. The minimum atomic E-state index is -1.59. The smallest absolute Gasteiger partial charge is 0.360 e. The number of carbonyl (C=O) groups excluding carboxylic acids is 1. The summed E-state index contributed by atoms with van der Waals surface area (Å²) >= 11 is 5.65. The second-order valence-corrected chi connectivity index (χ2v) is 12.5. The lowest BCUT2D eigenvalue weighted by atomic mass is 9.99. The molecule has 0 radical (unpaired) electrons. The van der Waals surface area contributed by atoms with Crippen LogP contribution in [-0.4, -0.2) is 31.6 Å². The molecule has 2 aromatic carbocycles. The fraction of sp³-hybridized carbons (Fsp3) is 0.286. The highest BCUT2D eigenvalue weighted by atomic mass is 127. The Hall–Kier alpha value is -1.03. The summed E-state index contributed by atoms with van der Waals surface area (Å²) in [6.45, 7) is 3.74. The van der Waals surface area contributed by atoms with Gasteiger partial charge in [-0.05, 0) is 93.2 Å². The quantitative estimate of drug-likeness (QED) is 0.109. The average Bonchev–Trinajstić information content (AvgIpc) is 2.71. The van der Waals surface area contributed by atoms with Crippen molar-refractivity contribution in [2.75, 3.05) is 14.2 Å². The van der Waals surface area contributed by atoms with Crippen LogP contribution in [0.25, 0.3) is 0 Å². The van der Waals surface area contributed by atoms with E-state index in [2.05, 4.69) is 32.9 Å². The van der Waals surface area contributed by atoms with Crippen molar-refractivity contribution in [3.05, 3.63) is 67.8 Å². The van der Waals surface area contributed by atoms with E-state index in [1.54, 1.807) is 70.3 Å². The maximum atomic E-state index is 14.7. The van der Waals surface area contributed by atoms with E-state index in [4.69, 9.17) is 14.4 Å². The number of rotatable bonds is 8. The van der Waals surface area contributed by atoms with E-state index < -0.39 is 7.65 Å². The number of ether oxygens (including phenoxy) is 1. The summed E-state index contributed by atoms with van der Waals surface area (Å²) in [7, 11) is 2.63. The second kappa shape index (κ2) is 11.7. The summed E-state index contributed by atoms with van der Waals surface area (Å²) in [6, 6.07) is 10.9. The van der Waals surface area contributed by atoms with Crippen molar-refractivity contribution in [2.45, 2.75) is 22.1 Å². The van der Waals surface area contributed by atoms with Gasteiger partial charge in [-0.15, -0.1) is 0 Å². The molecule has 31 heavy (non-hydrogen) atoms. The van der Waals surface area contributed by atoms with E-state index in [9.17, 15) is 9.18 Å². The Balaban J connectivity index is 2.38. The molecule has 0 aliphatic heterocycles. The van der Waals surface area contributed by atoms with Gasteiger partial charge in [-0.1, -0.05) is 40.6 Å². The van der Waals surface area contributed by atoms with Gasteiger partial charge in [0.2, 0.25) is 1.68 Å². The summed E-state index contributed by atoms with van der Waals surface area (Å²) in [5.74, 6) is -0.625. The molecule has 0 N–H and O–H groups in total. The Morgan fingerprint density at radius 2 is 1.81 bits per heavy atom. The maximum absolute atomic E-state index is 14.7. The fourth-order valence-electron chi connectivity index (χ4n) is 2.87. The molecular weight excluding hydrogens is 744 g/mol. The number of methoxy groups -OCH3 is 1. The molecule has 0 bridgehead atoms. The van der Waals surface area contributed by atoms with Gasteiger partial charge in [-0.25, -0.2) is 9.18 Å². The number of benzene rings is 2. The number of alkyl halides is 3. The van der Waals surface area contributed by atoms with Crippen LogP contribution in [0.3, 0.4) is 0 Å². The summed E-state index contributed by atoms with van der Waals surface area (Å²) in [5, 5.41) is 8.04. The highest BCUT2D eigenvalue weighted by Gasteiger charge is 2.29. The molecule has 0 fully saturated rings. The SMILES string of the molecule is CO/N=C(/C(=O)OC)c1cccc(C)c1CO/N=C(\C)c1c(I)cccc1C(F)(I)I. The van der Waals surface area contributed by atoms with Gasteiger partial charge in [0.15, 0.2) is 5.71 Å². The van der Waals surface area contributed by atoms with Crippen LogP contribution in [0.5, 0.6) is 0 Å². The Bertz CT molecular complexity index is 1020. The first-order chi connectivity index (χ1) is 14.6. The predicted molar refractivity (Wildman–Crippen MR) is 144 cm³/mol. The zero-order valence-corrected chi connectivity index (χ0v) is 23.7. The third kappa shape index (κ3) is 6.73. The van der Waals surface area contributed by atoms with Crippen molar-refractivity contribution < 1.29 is 23.6 Å². The molecule has 0 aliphatic carbocycles. The molecule has 166 valence electrons. The summed E-state index contributed by atoms with van der Waals surface area (Å²) in [5.41, 5.74) is 3.91. The summed E-state index contributed by atoms with van der Waals surface area (Å²) in [4.78, 5) is 22.6. The van der Waals surface area contributed by atoms with Crippen molar-refractivity contribution in [1.29, 1.82) is 0 Å². The molecule has 6 nitrogen and oxygen atoms in total. The molecule has 10 heteroatoms.